The van der Waals surface area contributed by atoms with Crippen LogP contribution in [0.2, 0.25) is 0 Å². The standard InChI is InChI=1S/C19H25N3OS/c1-2-4-16(5-3-1)19-20-17(15-23-19)14-21-8-10-22(11-9-21)18-6-12-24-13-7-18/h1-5,15,18H,6-14H2. The average Bonchev–Trinajstić information content (AvgIpc) is 3.12. The van der Waals surface area contributed by atoms with Crippen LogP contribution in [0.1, 0.15) is 18.5 Å². The van der Waals surface area contributed by atoms with Crippen molar-refractivity contribution in [2.75, 3.05) is 37.7 Å². The van der Waals surface area contributed by atoms with Crippen molar-refractivity contribution in [1.82, 2.24) is 14.8 Å². The minimum atomic E-state index is 0.726. The van der Waals surface area contributed by atoms with Crippen LogP contribution in [0.4, 0.5) is 0 Å². The normalized spacial score (nSPS) is 21.2. The molecular formula is C19H25N3OS. The molecule has 0 saturated carbocycles. The van der Waals surface area contributed by atoms with Gasteiger partial charge < -0.3 is 4.42 Å². The van der Waals surface area contributed by atoms with Crippen molar-refractivity contribution in [3.63, 3.8) is 0 Å². The fourth-order valence-electron chi connectivity index (χ4n) is 3.66. The van der Waals surface area contributed by atoms with Crippen molar-refractivity contribution in [2.45, 2.75) is 25.4 Å². The second-order valence-corrected chi connectivity index (χ2v) is 7.89. The Morgan fingerprint density at radius 2 is 1.79 bits per heavy atom. The Bertz CT molecular complexity index is 631. The van der Waals surface area contributed by atoms with E-state index in [4.69, 9.17) is 4.42 Å². The van der Waals surface area contributed by atoms with Gasteiger partial charge in [0, 0.05) is 44.3 Å². The smallest absolute Gasteiger partial charge is 0.226 e. The summed E-state index contributed by atoms with van der Waals surface area (Å²) in [5.74, 6) is 3.40. The van der Waals surface area contributed by atoms with Gasteiger partial charge in [-0.05, 0) is 36.5 Å². The highest BCUT2D eigenvalue weighted by Gasteiger charge is 2.25. The second-order valence-electron chi connectivity index (χ2n) is 6.67. The predicted molar refractivity (Wildman–Crippen MR) is 99.1 cm³/mol. The van der Waals surface area contributed by atoms with Crippen molar-refractivity contribution in [1.29, 1.82) is 0 Å². The Morgan fingerprint density at radius 1 is 1.04 bits per heavy atom. The van der Waals surface area contributed by atoms with Gasteiger partial charge in [0.05, 0.1) is 5.69 Å². The number of nitrogens with zero attached hydrogens (tertiary/aromatic N) is 3. The summed E-state index contributed by atoms with van der Waals surface area (Å²) >= 11 is 2.11. The van der Waals surface area contributed by atoms with E-state index in [9.17, 15) is 0 Å². The van der Waals surface area contributed by atoms with Gasteiger partial charge in [-0.15, -0.1) is 0 Å². The summed E-state index contributed by atoms with van der Waals surface area (Å²) in [7, 11) is 0. The Kier molecular flexibility index (Phi) is 5.21. The molecule has 0 aliphatic carbocycles. The van der Waals surface area contributed by atoms with Gasteiger partial charge in [0.2, 0.25) is 5.89 Å². The molecule has 1 aromatic carbocycles. The molecule has 2 fully saturated rings. The van der Waals surface area contributed by atoms with Crippen LogP contribution >= 0.6 is 11.8 Å². The van der Waals surface area contributed by atoms with Crippen molar-refractivity contribution >= 4 is 11.8 Å². The number of hydrogen-bond donors (Lipinski definition) is 0. The predicted octanol–water partition coefficient (Wildman–Crippen LogP) is 3.35. The maximum Gasteiger partial charge on any atom is 0.226 e. The quantitative estimate of drug-likeness (QED) is 0.850. The molecule has 0 unspecified atom stereocenters. The molecule has 1 aromatic heterocycles. The summed E-state index contributed by atoms with van der Waals surface area (Å²) in [6.45, 7) is 5.55. The van der Waals surface area contributed by atoms with Crippen molar-refractivity contribution in [3.8, 4) is 11.5 Å². The van der Waals surface area contributed by atoms with E-state index in [1.165, 1.54) is 37.4 Å². The fourth-order valence-corrected chi connectivity index (χ4v) is 4.74. The fraction of sp³-hybridized carbons (Fsp3) is 0.526. The molecule has 0 atom stereocenters. The molecule has 2 aromatic rings. The van der Waals surface area contributed by atoms with E-state index in [2.05, 4.69) is 26.5 Å². The molecule has 2 saturated heterocycles. The van der Waals surface area contributed by atoms with Crippen LogP contribution in [0.25, 0.3) is 11.5 Å². The van der Waals surface area contributed by atoms with E-state index in [1.807, 2.05) is 36.6 Å². The van der Waals surface area contributed by atoms with Crippen LogP contribution < -0.4 is 0 Å². The SMILES string of the molecule is c1ccc(-c2nc(CN3CCN(C4CCSCC4)CC3)co2)cc1. The van der Waals surface area contributed by atoms with Gasteiger partial charge in [0.1, 0.15) is 6.26 Å². The van der Waals surface area contributed by atoms with Gasteiger partial charge in [0.25, 0.3) is 0 Å². The molecule has 4 nitrogen and oxygen atoms in total. The highest BCUT2D eigenvalue weighted by molar-refractivity contribution is 7.99. The van der Waals surface area contributed by atoms with E-state index in [0.29, 0.717) is 0 Å². The lowest BCUT2D eigenvalue weighted by atomic mass is 10.1. The van der Waals surface area contributed by atoms with E-state index in [1.54, 1.807) is 0 Å². The van der Waals surface area contributed by atoms with Gasteiger partial charge in [0.15, 0.2) is 0 Å². The molecule has 2 aliphatic heterocycles. The number of aromatic nitrogens is 1. The lowest BCUT2D eigenvalue weighted by Gasteiger charge is -2.40. The van der Waals surface area contributed by atoms with Crippen LogP contribution in [0.5, 0.6) is 0 Å². The molecule has 0 spiro atoms. The summed E-state index contributed by atoms with van der Waals surface area (Å²) < 4.78 is 5.66. The topological polar surface area (TPSA) is 32.5 Å². The molecule has 0 N–H and O–H groups in total. The van der Waals surface area contributed by atoms with Gasteiger partial charge >= 0.3 is 0 Å². The molecule has 0 bridgehead atoms. The van der Waals surface area contributed by atoms with Crippen LogP contribution in [-0.4, -0.2) is 58.5 Å². The molecule has 0 radical (unpaired) electrons. The minimum Gasteiger partial charge on any atom is -0.444 e. The lowest BCUT2D eigenvalue weighted by molar-refractivity contribution is 0.0873. The van der Waals surface area contributed by atoms with Crippen molar-refractivity contribution in [3.05, 3.63) is 42.3 Å². The zero-order valence-electron chi connectivity index (χ0n) is 14.1. The van der Waals surface area contributed by atoms with E-state index in [-0.39, 0.29) is 0 Å². The maximum atomic E-state index is 5.66. The Balaban J connectivity index is 1.30. The molecule has 3 heterocycles. The first-order chi connectivity index (χ1) is 11.9. The van der Waals surface area contributed by atoms with Gasteiger partial charge in [-0.1, -0.05) is 18.2 Å². The number of piperazine rings is 1. The van der Waals surface area contributed by atoms with E-state index in [0.717, 1.165) is 42.8 Å². The highest BCUT2D eigenvalue weighted by Crippen LogP contribution is 2.23. The van der Waals surface area contributed by atoms with Crippen LogP contribution in [0, 0.1) is 0 Å². The summed E-state index contributed by atoms with van der Waals surface area (Å²) in [5, 5.41) is 0. The van der Waals surface area contributed by atoms with Crippen LogP contribution in [0.3, 0.4) is 0 Å². The van der Waals surface area contributed by atoms with Crippen molar-refractivity contribution in [2.24, 2.45) is 0 Å². The minimum absolute atomic E-state index is 0.726. The van der Waals surface area contributed by atoms with E-state index >= 15 is 0 Å². The third kappa shape index (κ3) is 3.85. The van der Waals surface area contributed by atoms with Gasteiger partial charge in [-0.3, -0.25) is 9.80 Å². The first kappa shape index (κ1) is 16.2. The number of hydrogen-bond acceptors (Lipinski definition) is 5. The summed E-state index contributed by atoms with van der Waals surface area (Å²) in [5.41, 5.74) is 2.08. The third-order valence-electron chi connectivity index (χ3n) is 5.07. The zero-order chi connectivity index (χ0) is 16.2. The first-order valence-electron chi connectivity index (χ1n) is 8.92. The largest absolute Gasteiger partial charge is 0.444 e. The second kappa shape index (κ2) is 7.72. The van der Waals surface area contributed by atoms with Crippen molar-refractivity contribution < 1.29 is 4.42 Å². The number of rotatable bonds is 4. The number of thioether (sulfide) groups is 1. The lowest BCUT2D eigenvalue weighted by Crippen LogP contribution is -2.50. The average molecular weight is 343 g/mol. The highest BCUT2D eigenvalue weighted by atomic mass is 32.2. The number of oxazole rings is 1. The molecule has 128 valence electrons. The Morgan fingerprint density at radius 3 is 2.54 bits per heavy atom. The summed E-state index contributed by atoms with van der Waals surface area (Å²) in [6.07, 6.45) is 4.55. The summed E-state index contributed by atoms with van der Waals surface area (Å²) in [4.78, 5) is 9.86. The third-order valence-corrected chi connectivity index (χ3v) is 6.12. The molecule has 24 heavy (non-hydrogen) atoms. The Labute approximate surface area is 148 Å². The number of benzene rings is 1. The molecule has 5 heteroatoms. The maximum absolute atomic E-state index is 5.66. The molecule has 2 aliphatic rings. The molecule has 0 amide bonds. The first-order valence-corrected chi connectivity index (χ1v) is 10.1. The molecular weight excluding hydrogens is 318 g/mol. The van der Waals surface area contributed by atoms with Crippen LogP contribution in [0.15, 0.2) is 41.0 Å². The monoisotopic (exact) mass is 343 g/mol. The van der Waals surface area contributed by atoms with Crippen LogP contribution in [-0.2, 0) is 6.54 Å². The summed E-state index contributed by atoms with van der Waals surface area (Å²) in [6, 6.07) is 10.9. The van der Waals surface area contributed by atoms with E-state index < -0.39 is 0 Å². The van der Waals surface area contributed by atoms with Gasteiger partial charge in [-0.2, -0.15) is 11.8 Å². The van der Waals surface area contributed by atoms with Gasteiger partial charge in [-0.25, -0.2) is 4.98 Å². The molecule has 4 rings (SSSR count). The Hall–Kier alpha value is -1.30. The zero-order valence-corrected chi connectivity index (χ0v) is 14.9.